The molecule has 0 bridgehead atoms. The van der Waals surface area contributed by atoms with Crippen molar-refractivity contribution in [1.29, 1.82) is 0 Å². The fourth-order valence-corrected chi connectivity index (χ4v) is 2.44. The zero-order valence-electron chi connectivity index (χ0n) is 11.8. The Morgan fingerprint density at radius 3 is 1.55 bits per heavy atom. The lowest BCUT2D eigenvalue weighted by molar-refractivity contribution is 0.0879. The first-order valence-electron chi connectivity index (χ1n) is 6.77. The summed E-state index contributed by atoms with van der Waals surface area (Å²) in [5, 5.41) is 6.43. The lowest BCUT2D eigenvalue weighted by Gasteiger charge is -1.88. The number of aromatic amines is 1. The number of nitrogens with one attached hydrogen (secondary N) is 2. The van der Waals surface area contributed by atoms with E-state index in [4.69, 9.17) is 0 Å². The third-order valence-corrected chi connectivity index (χ3v) is 3.52. The van der Waals surface area contributed by atoms with Crippen LogP contribution in [0.3, 0.4) is 0 Å². The maximum atomic E-state index is 10.9. The Balaban J connectivity index is 0.000000131. The number of aromatic nitrogens is 1. The Hall–Kier alpha value is -3.14. The van der Waals surface area contributed by atoms with Gasteiger partial charge in [-0.05, 0) is 12.1 Å². The molecule has 0 aliphatic carbocycles. The molecule has 1 aromatic heterocycles. The number of carbonyl (C=O) groups is 2. The molecule has 4 rings (SSSR count). The highest BCUT2D eigenvalue weighted by Crippen LogP contribution is 2.13. The zero-order chi connectivity index (χ0) is 15.7. The molecular formula is C18H14N2O2. The van der Waals surface area contributed by atoms with Gasteiger partial charge in [-0.15, -0.1) is 0 Å². The summed E-state index contributed by atoms with van der Waals surface area (Å²) in [5.41, 5.74) is 0.940. The number of fused-ring (bicyclic) bond motifs is 2. The summed E-state index contributed by atoms with van der Waals surface area (Å²) >= 11 is 0. The van der Waals surface area contributed by atoms with Crippen LogP contribution in [0.15, 0.2) is 48.5 Å². The second kappa shape index (κ2) is 5.33. The van der Waals surface area contributed by atoms with Gasteiger partial charge >= 0.3 is 0 Å². The van der Waals surface area contributed by atoms with E-state index in [0.29, 0.717) is 11.1 Å². The predicted molar refractivity (Wildman–Crippen MR) is 86.8 cm³/mol. The van der Waals surface area contributed by atoms with Crippen molar-refractivity contribution >= 4 is 35.7 Å². The van der Waals surface area contributed by atoms with E-state index in [0.717, 1.165) is 21.5 Å². The van der Waals surface area contributed by atoms with Gasteiger partial charge in [0.15, 0.2) is 0 Å². The highest BCUT2D eigenvalue weighted by Gasteiger charge is 2.25. The minimum atomic E-state index is -0.300. The van der Waals surface area contributed by atoms with Gasteiger partial charge in [0.05, 0.1) is 11.1 Å². The summed E-state index contributed by atoms with van der Waals surface area (Å²) in [5.74, 6) is -0.601. The third-order valence-electron chi connectivity index (χ3n) is 3.52. The SMILES string of the molecule is C=c1[nH]c(=C)c2ccccc12.O=C1NC(=O)c2ccccc21. The minimum absolute atomic E-state index is 0.300. The molecule has 108 valence electrons. The number of hydrogen-bond acceptors (Lipinski definition) is 2. The van der Waals surface area contributed by atoms with Gasteiger partial charge in [0.1, 0.15) is 0 Å². The van der Waals surface area contributed by atoms with Crippen LogP contribution in [0, 0.1) is 0 Å². The monoisotopic (exact) mass is 290 g/mol. The molecular weight excluding hydrogens is 276 g/mol. The van der Waals surface area contributed by atoms with Crippen LogP contribution < -0.4 is 16.0 Å². The van der Waals surface area contributed by atoms with Crippen LogP contribution in [0.4, 0.5) is 0 Å². The first kappa shape index (κ1) is 13.8. The van der Waals surface area contributed by atoms with E-state index in [1.807, 2.05) is 24.3 Å². The second-order valence-electron chi connectivity index (χ2n) is 4.96. The van der Waals surface area contributed by atoms with Gasteiger partial charge in [0, 0.05) is 21.5 Å². The Kier molecular flexibility index (Phi) is 3.35. The second-order valence-corrected chi connectivity index (χ2v) is 4.96. The van der Waals surface area contributed by atoms with E-state index in [9.17, 15) is 9.59 Å². The summed E-state index contributed by atoms with van der Waals surface area (Å²) in [7, 11) is 0. The summed E-state index contributed by atoms with van der Waals surface area (Å²) in [6.45, 7) is 7.75. The Labute approximate surface area is 126 Å². The van der Waals surface area contributed by atoms with Crippen molar-refractivity contribution in [3.8, 4) is 0 Å². The molecule has 4 nitrogen and oxygen atoms in total. The largest absolute Gasteiger partial charge is 0.355 e. The molecule has 0 saturated carbocycles. The molecule has 1 aliphatic rings. The quantitative estimate of drug-likeness (QED) is 0.617. The predicted octanol–water partition coefficient (Wildman–Crippen LogP) is 1.56. The normalized spacial score (nSPS) is 12.5. The maximum Gasteiger partial charge on any atom is 0.258 e. The van der Waals surface area contributed by atoms with Crippen LogP contribution in [0.5, 0.6) is 0 Å². The van der Waals surface area contributed by atoms with Gasteiger partial charge in [0.25, 0.3) is 11.8 Å². The van der Waals surface area contributed by atoms with Crippen LogP contribution in [-0.4, -0.2) is 16.8 Å². The van der Waals surface area contributed by atoms with E-state index >= 15 is 0 Å². The molecule has 0 saturated heterocycles. The van der Waals surface area contributed by atoms with Gasteiger partial charge in [-0.25, -0.2) is 0 Å². The van der Waals surface area contributed by atoms with Crippen molar-refractivity contribution in [2.75, 3.05) is 0 Å². The van der Waals surface area contributed by atoms with Crippen molar-refractivity contribution in [2.45, 2.75) is 0 Å². The molecule has 0 atom stereocenters. The van der Waals surface area contributed by atoms with Crippen molar-refractivity contribution in [2.24, 2.45) is 0 Å². The van der Waals surface area contributed by atoms with Crippen molar-refractivity contribution in [1.82, 2.24) is 10.3 Å². The molecule has 4 heteroatoms. The summed E-state index contributed by atoms with van der Waals surface area (Å²) in [6.07, 6.45) is 0. The highest BCUT2D eigenvalue weighted by atomic mass is 16.2. The molecule has 2 aromatic carbocycles. The number of carbonyl (C=O) groups excluding carboxylic acids is 2. The molecule has 3 aromatic rings. The van der Waals surface area contributed by atoms with Crippen LogP contribution in [-0.2, 0) is 0 Å². The number of imide groups is 1. The lowest BCUT2D eigenvalue weighted by atomic mass is 10.1. The Morgan fingerprint density at radius 1 is 0.682 bits per heavy atom. The van der Waals surface area contributed by atoms with Crippen LogP contribution in [0.1, 0.15) is 20.7 Å². The number of hydrogen-bond donors (Lipinski definition) is 2. The average molecular weight is 290 g/mol. The molecule has 0 unspecified atom stereocenters. The van der Waals surface area contributed by atoms with Gasteiger partial charge in [-0.2, -0.15) is 0 Å². The fourth-order valence-electron chi connectivity index (χ4n) is 2.44. The van der Waals surface area contributed by atoms with Gasteiger partial charge in [0.2, 0.25) is 0 Å². The molecule has 0 radical (unpaired) electrons. The highest BCUT2D eigenvalue weighted by molar-refractivity contribution is 6.21. The van der Waals surface area contributed by atoms with Crippen LogP contribution >= 0.6 is 0 Å². The lowest BCUT2D eigenvalue weighted by Crippen LogP contribution is -2.19. The van der Waals surface area contributed by atoms with E-state index in [-0.39, 0.29) is 11.8 Å². The summed E-state index contributed by atoms with van der Waals surface area (Å²) < 4.78 is 0. The van der Waals surface area contributed by atoms with E-state index < -0.39 is 0 Å². The number of benzene rings is 2. The molecule has 22 heavy (non-hydrogen) atoms. The number of amides is 2. The molecule has 2 heterocycles. The smallest absolute Gasteiger partial charge is 0.258 e. The molecule has 2 N–H and O–H groups in total. The first-order chi connectivity index (χ1) is 10.6. The Morgan fingerprint density at radius 2 is 1.09 bits per heavy atom. The molecule has 0 fully saturated rings. The van der Waals surface area contributed by atoms with E-state index in [1.165, 1.54) is 0 Å². The standard InChI is InChI=1S/C10H9N.C8H5NO2/c1-7-9-5-3-4-6-10(9)8(2)11-7;10-7-5-3-1-2-4-6(5)8(11)9-7/h3-6,11H,1-2H2;1-4H,(H,9,10,11). The zero-order valence-corrected chi connectivity index (χ0v) is 11.8. The average Bonchev–Trinajstić information content (AvgIpc) is 2.99. The van der Waals surface area contributed by atoms with Gasteiger partial charge in [-0.3, -0.25) is 14.9 Å². The topological polar surface area (TPSA) is 62.0 Å². The number of rotatable bonds is 0. The maximum absolute atomic E-state index is 10.9. The first-order valence-corrected chi connectivity index (χ1v) is 6.77. The third kappa shape index (κ3) is 2.31. The van der Waals surface area contributed by atoms with E-state index in [2.05, 4.69) is 23.5 Å². The van der Waals surface area contributed by atoms with Crippen molar-refractivity contribution in [3.05, 3.63) is 70.4 Å². The fraction of sp³-hybridized carbons (Fsp3) is 0. The van der Waals surface area contributed by atoms with Crippen LogP contribution in [0.25, 0.3) is 23.9 Å². The van der Waals surface area contributed by atoms with Crippen molar-refractivity contribution in [3.63, 3.8) is 0 Å². The summed E-state index contributed by atoms with van der Waals surface area (Å²) in [4.78, 5) is 25.0. The molecule has 2 amide bonds. The number of H-pyrrole nitrogens is 1. The van der Waals surface area contributed by atoms with Crippen molar-refractivity contribution < 1.29 is 9.59 Å². The molecule has 1 aliphatic heterocycles. The molecule has 0 spiro atoms. The van der Waals surface area contributed by atoms with Gasteiger partial charge in [-0.1, -0.05) is 49.6 Å². The minimum Gasteiger partial charge on any atom is -0.355 e. The van der Waals surface area contributed by atoms with Crippen LogP contribution in [0.2, 0.25) is 0 Å². The Bertz CT molecular complexity index is 909. The summed E-state index contributed by atoms with van der Waals surface area (Å²) in [6, 6.07) is 14.8. The van der Waals surface area contributed by atoms with Gasteiger partial charge < -0.3 is 4.98 Å². The van der Waals surface area contributed by atoms with E-state index in [1.54, 1.807) is 24.3 Å².